The molecule has 0 radical (unpaired) electrons. The van der Waals surface area contributed by atoms with Gasteiger partial charge in [-0.25, -0.2) is 4.98 Å². The van der Waals surface area contributed by atoms with Crippen molar-refractivity contribution >= 4 is 0 Å². The summed E-state index contributed by atoms with van der Waals surface area (Å²) in [5.74, 6) is 1.05. The second kappa shape index (κ2) is 7.42. The molecule has 0 bridgehead atoms. The summed E-state index contributed by atoms with van der Waals surface area (Å²) in [7, 11) is 3.29. The van der Waals surface area contributed by atoms with Crippen molar-refractivity contribution in [3.63, 3.8) is 0 Å². The van der Waals surface area contributed by atoms with Gasteiger partial charge in [0.05, 0.1) is 12.6 Å². The first kappa shape index (κ1) is 14.2. The molecule has 0 aliphatic heterocycles. The molecule has 0 saturated heterocycles. The number of aryl methyl sites for hydroxylation is 1. The fourth-order valence-corrected chi connectivity index (χ4v) is 1.80. The molecule has 1 aromatic rings. The lowest BCUT2D eigenvalue weighted by Crippen LogP contribution is -2.39. The summed E-state index contributed by atoms with van der Waals surface area (Å²) in [6.07, 6.45) is 4.72. The standard InChI is InChI=1S/C12H23N3O2/c1-5-7-15-8-6-13-11(15)9-14-10(2)12(16-3)17-4/h6,8,10,12,14H,5,7,9H2,1-4H3. The van der Waals surface area contributed by atoms with E-state index in [1.54, 1.807) is 14.2 Å². The highest BCUT2D eigenvalue weighted by Crippen LogP contribution is 2.02. The maximum absolute atomic E-state index is 5.20. The third-order valence-corrected chi connectivity index (χ3v) is 2.72. The van der Waals surface area contributed by atoms with Crippen molar-refractivity contribution in [3.05, 3.63) is 18.2 Å². The molecule has 0 saturated carbocycles. The summed E-state index contributed by atoms with van der Waals surface area (Å²) in [4.78, 5) is 4.34. The van der Waals surface area contributed by atoms with Crippen molar-refractivity contribution in [1.82, 2.24) is 14.9 Å². The molecule has 0 aliphatic rings. The summed E-state index contributed by atoms with van der Waals surface area (Å²) in [5, 5.41) is 3.35. The molecule has 1 rings (SSSR count). The van der Waals surface area contributed by atoms with Gasteiger partial charge in [-0.05, 0) is 13.3 Å². The molecule has 5 heteroatoms. The fourth-order valence-electron chi connectivity index (χ4n) is 1.80. The van der Waals surface area contributed by atoms with Crippen molar-refractivity contribution < 1.29 is 9.47 Å². The van der Waals surface area contributed by atoms with Gasteiger partial charge in [-0.1, -0.05) is 6.92 Å². The lowest BCUT2D eigenvalue weighted by atomic mass is 10.3. The maximum Gasteiger partial charge on any atom is 0.171 e. The summed E-state index contributed by atoms with van der Waals surface area (Å²) < 4.78 is 12.6. The van der Waals surface area contributed by atoms with Gasteiger partial charge in [-0.3, -0.25) is 0 Å². The molecule has 1 unspecified atom stereocenters. The molecule has 0 spiro atoms. The van der Waals surface area contributed by atoms with Crippen LogP contribution in [0, 0.1) is 0 Å². The zero-order valence-corrected chi connectivity index (χ0v) is 11.1. The van der Waals surface area contributed by atoms with Crippen LogP contribution in [0.1, 0.15) is 26.1 Å². The summed E-state index contributed by atoms with van der Waals surface area (Å²) >= 11 is 0. The van der Waals surface area contributed by atoms with Crippen LogP contribution in [0.3, 0.4) is 0 Å². The molecule has 1 atom stereocenters. The van der Waals surface area contributed by atoms with Gasteiger partial charge in [-0.15, -0.1) is 0 Å². The minimum absolute atomic E-state index is 0.122. The first-order valence-electron chi connectivity index (χ1n) is 6.01. The van der Waals surface area contributed by atoms with Gasteiger partial charge in [0.25, 0.3) is 0 Å². The van der Waals surface area contributed by atoms with Crippen LogP contribution in [0.2, 0.25) is 0 Å². The minimum atomic E-state index is -0.232. The quantitative estimate of drug-likeness (QED) is 0.699. The molecule has 1 aromatic heterocycles. The zero-order chi connectivity index (χ0) is 12.7. The summed E-state index contributed by atoms with van der Waals surface area (Å²) in [6.45, 7) is 5.91. The van der Waals surface area contributed by atoms with E-state index in [-0.39, 0.29) is 12.3 Å². The zero-order valence-electron chi connectivity index (χ0n) is 11.1. The maximum atomic E-state index is 5.20. The molecule has 0 aliphatic carbocycles. The number of aromatic nitrogens is 2. The van der Waals surface area contributed by atoms with E-state index in [0.29, 0.717) is 0 Å². The molecule has 0 fully saturated rings. The molecular formula is C12H23N3O2. The molecule has 17 heavy (non-hydrogen) atoms. The number of imidazole rings is 1. The van der Waals surface area contributed by atoms with Crippen LogP contribution in [0.4, 0.5) is 0 Å². The van der Waals surface area contributed by atoms with Gasteiger partial charge in [0.2, 0.25) is 0 Å². The second-order valence-electron chi connectivity index (χ2n) is 4.05. The number of nitrogens with one attached hydrogen (secondary N) is 1. The predicted octanol–water partition coefficient (Wildman–Crippen LogP) is 1.39. The normalized spacial score (nSPS) is 13.2. The van der Waals surface area contributed by atoms with Crippen molar-refractivity contribution in [2.75, 3.05) is 14.2 Å². The number of rotatable bonds is 8. The van der Waals surface area contributed by atoms with Gasteiger partial charge in [0.15, 0.2) is 6.29 Å². The summed E-state index contributed by atoms with van der Waals surface area (Å²) in [5.41, 5.74) is 0. The van der Waals surface area contributed by atoms with Gasteiger partial charge in [0, 0.05) is 33.2 Å². The van der Waals surface area contributed by atoms with Crippen LogP contribution in [0.5, 0.6) is 0 Å². The Kier molecular flexibility index (Phi) is 6.18. The number of ether oxygens (including phenoxy) is 2. The van der Waals surface area contributed by atoms with E-state index >= 15 is 0 Å². The highest BCUT2D eigenvalue weighted by atomic mass is 16.7. The van der Waals surface area contributed by atoms with Gasteiger partial charge >= 0.3 is 0 Å². The Morgan fingerprint density at radius 3 is 2.71 bits per heavy atom. The second-order valence-corrected chi connectivity index (χ2v) is 4.05. The Morgan fingerprint density at radius 1 is 1.41 bits per heavy atom. The Hall–Kier alpha value is -0.910. The molecule has 0 aromatic carbocycles. The number of hydrogen-bond acceptors (Lipinski definition) is 4. The Bertz CT molecular complexity index is 310. The lowest BCUT2D eigenvalue weighted by Gasteiger charge is -2.22. The Labute approximate surface area is 103 Å². The highest BCUT2D eigenvalue weighted by molar-refractivity contribution is 4.92. The molecule has 1 heterocycles. The molecule has 0 amide bonds. The van der Waals surface area contributed by atoms with Crippen molar-refractivity contribution in [2.45, 2.75) is 45.7 Å². The number of nitrogens with zero attached hydrogens (tertiary/aromatic N) is 2. The van der Waals surface area contributed by atoms with Crippen LogP contribution < -0.4 is 5.32 Å². The smallest absolute Gasteiger partial charge is 0.171 e. The van der Waals surface area contributed by atoms with Crippen molar-refractivity contribution in [2.24, 2.45) is 0 Å². The molecule has 98 valence electrons. The van der Waals surface area contributed by atoms with E-state index in [9.17, 15) is 0 Å². The van der Waals surface area contributed by atoms with E-state index in [0.717, 1.165) is 25.3 Å². The van der Waals surface area contributed by atoms with Crippen LogP contribution in [0.15, 0.2) is 12.4 Å². The lowest BCUT2D eigenvalue weighted by molar-refractivity contribution is -0.119. The topological polar surface area (TPSA) is 48.3 Å². The molecule has 5 nitrogen and oxygen atoms in total. The number of methoxy groups -OCH3 is 2. The first-order valence-corrected chi connectivity index (χ1v) is 6.01. The SMILES string of the molecule is CCCn1ccnc1CNC(C)C(OC)OC. The Balaban J connectivity index is 2.46. The summed E-state index contributed by atoms with van der Waals surface area (Å²) in [6, 6.07) is 0.122. The Morgan fingerprint density at radius 2 is 2.12 bits per heavy atom. The average Bonchev–Trinajstić information content (AvgIpc) is 2.76. The first-order chi connectivity index (χ1) is 8.22. The van der Waals surface area contributed by atoms with E-state index in [4.69, 9.17) is 9.47 Å². The van der Waals surface area contributed by atoms with E-state index < -0.39 is 0 Å². The van der Waals surface area contributed by atoms with Gasteiger partial charge in [-0.2, -0.15) is 0 Å². The van der Waals surface area contributed by atoms with Crippen LogP contribution >= 0.6 is 0 Å². The fraction of sp³-hybridized carbons (Fsp3) is 0.750. The largest absolute Gasteiger partial charge is 0.354 e. The van der Waals surface area contributed by atoms with Gasteiger partial charge < -0.3 is 19.4 Å². The molecule has 1 N–H and O–H groups in total. The highest BCUT2D eigenvalue weighted by Gasteiger charge is 2.15. The van der Waals surface area contributed by atoms with Crippen LogP contribution in [-0.2, 0) is 22.6 Å². The third-order valence-electron chi connectivity index (χ3n) is 2.72. The predicted molar refractivity (Wildman–Crippen MR) is 66.6 cm³/mol. The minimum Gasteiger partial charge on any atom is -0.354 e. The monoisotopic (exact) mass is 241 g/mol. The van der Waals surface area contributed by atoms with Crippen LogP contribution in [-0.4, -0.2) is 36.1 Å². The van der Waals surface area contributed by atoms with Crippen LogP contribution in [0.25, 0.3) is 0 Å². The van der Waals surface area contributed by atoms with Crippen molar-refractivity contribution in [1.29, 1.82) is 0 Å². The van der Waals surface area contributed by atoms with E-state index in [1.807, 2.05) is 19.3 Å². The van der Waals surface area contributed by atoms with Gasteiger partial charge in [0.1, 0.15) is 5.82 Å². The third kappa shape index (κ3) is 4.11. The molecular weight excluding hydrogens is 218 g/mol. The van der Waals surface area contributed by atoms with Crippen molar-refractivity contribution in [3.8, 4) is 0 Å². The van der Waals surface area contributed by atoms with E-state index in [1.165, 1.54) is 0 Å². The average molecular weight is 241 g/mol. The van der Waals surface area contributed by atoms with E-state index in [2.05, 4.69) is 21.8 Å². The number of hydrogen-bond donors (Lipinski definition) is 1.